The SMILES string of the molecule is CC(C)Oc1ccc(CNC(=S)NC(=O)CCC2CCCCC2)cc1. The molecule has 0 heterocycles. The molecule has 1 aliphatic carbocycles. The van der Waals surface area contributed by atoms with Crippen molar-refractivity contribution in [1.29, 1.82) is 0 Å². The van der Waals surface area contributed by atoms with Crippen molar-refractivity contribution in [3.63, 3.8) is 0 Å². The van der Waals surface area contributed by atoms with Crippen LogP contribution < -0.4 is 15.4 Å². The van der Waals surface area contributed by atoms with Crippen LogP contribution in [0.3, 0.4) is 0 Å². The number of rotatable bonds is 7. The first kappa shape index (κ1) is 19.7. The Bertz CT molecular complexity index is 551. The number of thiocarbonyl (C=S) groups is 1. The first-order valence-corrected chi connectivity index (χ1v) is 9.77. The molecular formula is C20H30N2O2S. The molecule has 2 rings (SSSR count). The first-order chi connectivity index (χ1) is 12.0. The predicted molar refractivity (Wildman–Crippen MR) is 106 cm³/mol. The largest absolute Gasteiger partial charge is 0.491 e. The van der Waals surface area contributed by atoms with E-state index < -0.39 is 0 Å². The second-order valence-corrected chi connectivity index (χ2v) is 7.49. The van der Waals surface area contributed by atoms with Crippen molar-refractivity contribution in [3.8, 4) is 5.75 Å². The van der Waals surface area contributed by atoms with E-state index >= 15 is 0 Å². The molecule has 2 N–H and O–H groups in total. The number of carbonyl (C=O) groups excluding carboxylic acids is 1. The third-order valence-electron chi connectivity index (χ3n) is 4.51. The zero-order chi connectivity index (χ0) is 18.1. The Labute approximate surface area is 156 Å². The third-order valence-corrected chi connectivity index (χ3v) is 4.75. The van der Waals surface area contributed by atoms with Gasteiger partial charge in [0.25, 0.3) is 0 Å². The summed E-state index contributed by atoms with van der Waals surface area (Å²) in [6.45, 7) is 4.60. The lowest BCUT2D eigenvalue weighted by Crippen LogP contribution is -2.38. The lowest BCUT2D eigenvalue weighted by atomic mass is 9.86. The Balaban J connectivity index is 1.64. The standard InChI is InChI=1S/C20H30N2O2S/c1-15(2)24-18-11-8-17(9-12-18)14-21-20(25)22-19(23)13-10-16-6-4-3-5-7-16/h8-9,11-12,15-16H,3-7,10,13-14H2,1-2H3,(H2,21,22,23,25). The van der Waals surface area contributed by atoms with Gasteiger partial charge in [0.1, 0.15) is 5.75 Å². The maximum Gasteiger partial charge on any atom is 0.226 e. The van der Waals surface area contributed by atoms with Crippen molar-refractivity contribution in [2.45, 2.75) is 71.4 Å². The van der Waals surface area contributed by atoms with Crippen molar-refractivity contribution in [3.05, 3.63) is 29.8 Å². The number of benzene rings is 1. The molecule has 0 unspecified atom stereocenters. The maximum atomic E-state index is 12.0. The monoisotopic (exact) mass is 362 g/mol. The molecule has 0 spiro atoms. The molecule has 4 nitrogen and oxygen atoms in total. The van der Waals surface area contributed by atoms with E-state index in [1.807, 2.05) is 38.1 Å². The Kier molecular flexibility index (Phi) is 8.19. The van der Waals surface area contributed by atoms with E-state index in [1.54, 1.807) is 0 Å². The highest BCUT2D eigenvalue weighted by atomic mass is 32.1. The average Bonchev–Trinajstić information content (AvgIpc) is 2.60. The molecular weight excluding hydrogens is 332 g/mol. The summed E-state index contributed by atoms with van der Waals surface area (Å²) in [5.74, 6) is 1.59. The minimum Gasteiger partial charge on any atom is -0.491 e. The molecule has 1 aromatic carbocycles. The highest BCUT2D eigenvalue weighted by Gasteiger charge is 2.15. The minimum absolute atomic E-state index is 0.0174. The number of ether oxygens (including phenoxy) is 1. The van der Waals surface area contributed by atoms with Gasteiger partial charge in [-0.25, -0.2) is 0 Å². The molecule has 0 radical (unpaired) electrons. The summed E-state index contributed by atoms with van der Waals surface area (Å²) in [6, 6.07) is 7.89. The molecule has 0 bridgehead atoms. The van der Waals surface area contributed by atoms with Gasteiger partial charge in [-0.2, -0.15) is 0 Å². The quantitative estimate of drug-likeness (QED) is 0.709. The van der Waals surface area contributed by atoms with Crippen LogP contribution in [0.2, 0.25) is 0 Å². The van der Waals surface area contributed by atoms with Gasteiger partial charge in [-0.05, 0) is 56.1 Å². The van der Waals surface area contributed by atoms with Gasteiger partial charge in [-0.1, -0.05) is 44.2 Å². The van der Waals surface area contributed by atoms with E-state index in [0.29, 0.717) is 24.0 Å². The Morgan fingerprint density at radius 2 is 1.88 bits per heavy atom. The van der Waals surface area contributed by atoms with E-state index in [1.165, 1.54) is 32.1 Å². The number of amides is 1. The fraction of sp³-hybridized carbons (Fsp3) is 0.600. The zero-order valence-electron chi connectivity index (χ0n) is 15.3. The second kappa shape index (κ2) is 10.4. The van der Waals surface area contributed by atoms with Crippen molar-refractivity contribution in [2.75, 3.05) is 0 Å². The van der Waals surface area contributed by atoms with Crippen LogP contribution in [0.4, 0.5) is 0 Å². The van der Waals surface area contributed by atoms with Gasteiger partial charge >= 0.3 is 0 Å². The highest BCUT2D eigenvalue weighted by Crippen LogP contribution is 2.27. The third kappa shape index (κ3) is 7.86. The molecule has 5 heteroatoms. The number of hydrogen-bond donors (Lipinski definition) is 2. The van der Waals surface area contributed by atoms with Gasteiger partial charge in [0.2, 0.25) is 5.91 Å². The Morgan fingerprint density at radius 1 is 1.20 bits per heavy atom. The first-order valence-electron chi connectivity index (χ1n) is 9.36. The van der Waals surface area contributed by atoms with E-state index in [0.717, 1.165) is 17.7 Å². The fourth-order valence-corrected chi connectivity index (χ4v) is 3.37. The van der Waals surface area contributed by atoms with Gasteiger partial charge in [-0.3, -0.25) is 4.79 Å². The number of nitrogens with one attached hydrogen (secondary N) is 2. The molecule has 138 valence electrons. The lowest BCUT2D eigenvalue weighted by Gasteiger charge is -2.21. The lowest BCUT2D eigenvalue weighted by molar-refractivity contribution is -0.120. The number of hydrogen-bond acceptors (Lipinski definition) is 3. The van der Waals surface area contributed by atoms with Crippen molar-refractivity contribution < 1.29 is 9.53 Å². The second-order valence-electron chi connectivity index (χ2n) is 7.08. The Hall–Kier alpha value is -1.62. The van der Waals surface area contributed by atoms with Gasteiger partial charge in [0, 0.05) is 13.0 Å². The summed E-state index contributed by atoms with van der Waals surface area (Å²) in [5, 5.41) is 6.27. The smallest absolute Gasteiger partial charge is 0.226 e. The van der Waals surface area contributed by atoms with Gasteiger partial charge < -0.3 is 15.4 Å². The number of carbonyl (C=O) groups is 1. The van der Waals surface area contributed by atoms with Crippen LogP contribution in [0.15, 0.2) is 24.3 Å². The van der Waals surface area contributed by atoms with Crippen LogP contribution in [0, 0.1) is 5.92 Å². The predicted octanol–water partition coefficient (Wildman–Crippen LogP) is 4.33. The van der Waals surface area contributed by atoms with Crippen molar-refractivity contribution >= 4 is 23.2 Å². The molecule has 0 aliphatic heterocycles. The van der Waals surface area contributed by atoms with E-state index in [4.69, 9.17) is 17.0 Å². The van der Waals surface area contributed by atoms with Gasteiger partial charge in [0.05, 0.1) is 6.10 Å². The van der Waals surface area contributed by atoms with E-state index in [-0.39, 0.29) is 12.0 Å². The van der Waals surface area contributed by atoms with E-state index in [2.05, 4.69) is 10.6 Å². The normalized spacial score (nSPS) is 15.0. The molecule has 1 fully saturated rings. The molecule has 1 aromatic rings. The minimum atomic E-state index is 0.0174. The molecule has 0 aromatic heterocycles. The molecule has 25 heavy (non-hydrogen) atoms. The summed E-state index contributed by atoms with van der Waals surface area (Å²) >= 11 is 5.22. The summed E-state index contributed by atoms with van der Waals surface area (Å²) in [6.07, 6.45) is 8.22. The van der Waals surface area contributed by atoms with Crippen LogP contribution in [-0.2, 0) is 11.3 Å². The summed E-state index contributed by atoms with van der Waals surface area (Å²) in [7, 11) is 0. The fourth-order valence-electron chi connectivity index (χ4n) is 3.18. The van der Waals surface area contributed by atoms with Crippen molar-refractivity contribution in [2.24, 2.45) is 5.92 Å². The van der Waals surface area contributed by atoms with Gasteiger partial charge in [-0.15, -0.1) is 0 Å². The van der Waals surface area contributed by atoms with Crippen LogP contribution in [-0.4, -0.2) is 17.1 Å². The highest BCUT2D eigenvalue weighted by molar-refractivity contribution is 7.80. The zero-order valence-corrected chi connectivity index (χ0v) is 16.2. The molecule has 1 aliphatic rings. The summed E-state index contributed by atoms with van der Waals surface area (Å²) < 4.78 is 5.62. The van der Waals surface area contributed by atoms with Gasteiger partial charge in [0.15, 0.2) is 5.11 Å². The van der Waals surface area contributed by atoms with Crippen LogP contribution in [0.5, 0.6) is 5.75 Å². The van der Waals surface area contributed by atoms with Crippen LogP contribution in [0.25, 0.3) is 0 Å². The molecule has 0 saturated heterocycles. The topological polar surface area (TPSA) is 50.4 Å². The maximum absolute atomic E-state index is 12.0. The Morgan fingerprint density at radius 3 is 2.52 bits per heavy atom. The average molecular weight is 363 g/mol. The molecule has 1 saturated carbocycles. The summed E-state index contributed by atoms with van der Waals surface area (Å²) in [5.41, 5.74) is 1.09. The van der Waals surface area contributed by atoms with E-state index in [9.17, 15) is 4.79 Å². The summed E-state index contributed by atoms with van der Waals surface area (Å²) in [4.78, 5) is 12.0. The molecule has 1 amide bonds. The van der Waals surface area contributed by atoms with Crippen LogP contribution >= 0.6 is 12.2 Å². The van der Waals surface area contributed by atoms with Crippen LogP contribution in [0.1, 0.15) is 64.4 Å². The van der Waals surface area contributed by atoms with Crippen molar-refractivity contribution in [1.82, 2.24) is 10.6 Å². The molecule has 0 atom stereocenters.